The van der Waals surface area contributed by atoms with E-state index in [1.54, 1.807) is 7.11 Å². The van der Waals surface area contributed by atoms with Gasteiger partial charge in [0, 0.05) is 10.2 Å². The molecule has 0 aliphatic carbocycles. The highest BCUT2D eigenvalue weighted by molar-refractivity contribution is 9.10. The first kappa shape index (κ1) is 16.2. The minimum atomic E-state index is 0.350. The number of hydrogen-bond acceptors (Lipinski definition) is 3. The lowest BCUT2D eigenvalue weighted by atomic mass is 10.3. The van der Waals surface area contributed by atoms with Crippen molar-refractivity contribution in [1.29, 1.82) is 0 Å². The number of ether oxygens (including phenoxy) is 2. The number of halogens is 1. The van der Waals surface area contributed by atoms with Crippen molar-refractivity contribution in [3.8, 4) is 11.5 Å². The summed E-state index contributed by atoms with van der Waals surface area (Å²) in [4.78, 5) is 4.21. The third-order valence-electron chi connectivity index (χ3n) is 2.80. The van der Waals surface area contributed by atoms with Gasteiger partial charge in [0.1, 0.15) is 18.1 Å². The van der Waals surface area contributed by atoms with Crippen LogP contribution in [0.2, 0.25) is 0 Å². The number of anilines is 1. The van der Waals surface area contributed by atoms with Crippen molar-refractivity contribution in [2.24, 2.45) is 10.7 Å². The number of hydrogen-bond donors (Lipinski definition) is 2. The van der Waals surface area contributed by atoms with Crippen molar-refractivity contribution in [3.63, 3.8) is 0 Å². The molecule has 0 atom stereocenters. The van der Waals surface area contributed by atoms with E-state index in [0.717, 1.165) is 21.7 Å². The summed E-state index contributed by atoms with van der Waals surface area (Å²) in [6.07, 6.45) is 0. The number of methoxy groups -OCH3 is 1. The van der Waals surface area contributed by atoms with E-state index in [1.807, 2.05) is 48.5 Å². The smallest absolute Gasteiger partial charge is 0.193 e. The molecule has 0 amide bonds. The van der Waals surface area contributed by atoms with Crippen LogP contribution in [0.4, 0.5) is 5.69 Å². The Morgan fingerprint density at radius 3 is 2.64 bits per heavy atom. The zero-order valence-electron chi connectivity index (χ0n) is 12.3. The Balaban J connectivity index is 1.77. The van der Waals surface area contributed by atoms with Crippen LogP contribution in [0.25, 0.3) is 0 Å². The molecular formula is C16H18BrN3O2. The zero-order valence-corrected chi connectivity index (χ0v) is 13.8. The van der Waals surface area contributed by atoms with Gasteiger partial charge >= 0.3 is 0 Å². The zero-order chi connectivity index (χ0) is 15.8. The van der Waals surface area contributed by atoms with Gasteiger partial charge in [-0.25, -0.2) is 4.99 Å². The van der Waals surface area contributed by atoms with Crippen molar-refractivity contribution < 1.29 is 9.47 Å². The van der Waals surface area contributed by atoms with E-state index in [9.17, 15) is 0 Å². The maximum atomic E-state index is 5.82. The van der Waals surface area contributed by atoms with Gasteiger partial charge in [0.2, 0.25) is 0 Å². The number of rotatable bonds is 6. The van der Waals surface area contributed by atoms with Crippen LogP contribution in [0.1, 0.15) is 0 Å². The quantitative estimate of drug-likeness (QED) is 0.469. The second-order valence-corrected chi connectivity index (χ2v) is 5.34. The first-order valence-corrected chi connectivity index (χ1v) is 7.56. The topological polar surface area (TPSA) is 68.9 Å². The molecule has 2 aromatic carbocycles. The van der Waals surface area contributed by atoms with Crippen molar-refractivity contribution in [3.05, 3.63) is 53.0 Å². The van der Waals surface area contributed by atoms with Crippen LogP contribution < -0.4 is 20.5 Å². The first-order valence-electron chi connectivity index (χ1n) is 6.77. The van der Waals surface area contributed by atoms with Crippen LogP contribution in [0, 0.1) is 0 Å². The highest BCUT2D eigenvalue weighted by atomic mass is 79.9. The largest absolute Gasteiger partial charge is 0.497 e. The molecule has 0 aromatic heterocycles. The second-order valence-electron chi connectivity index (χ2n) is 4.43. The van der Waals surface area contributed by atoms with Gasteiger partial charge in [-0.2, -0.15) is 0 Å². The lowest BCUT2D eigenvalue weighted by Crippen LogP contribution is -2.23. The summed E-state index contributed by atoms with van der Waals surface area (Å²) in [6, 6.07) is 15.1. The average molecular weight is 364 g/mol. The van der Waals surface area contributed by atoms with Gasteiger partial charge in [-0.15, -0.1) is 0 Å². The molecule has 0 radical (unpaired) electrons. The molecule has 2 rings (SSSR count). The van der Waals surface area contributed by atoms with Crippen LogP contribution in [0.15, 0.2) is 58.0 Å². The third-order valence-corrected chi connectivity index (χ3v) is 3.29. The summed E-state index contributed by atoms with van der Waals surface area (Å²) in [6.45, 7) is 0.933. The predicted molar refractivity (Wildman–Crippen MR) is 92.7 cm³/mol. The van der Waals surface area contributed by atoms with E-state index in [-0.39, 0.29) is 0 Å². The Kier molecular flexibility index (Phi) is 6.09. The summed E-state index contributed by atoms with van der Waals surface area (Å²) in [5, 5.41) is 3.01. The summed E-state index contributed by atoms with van der Waals surface area (Å²) < 4.78 is 11.7. The number of nitrogens with one attached hydrogen (secondary N) is 1. The molecule has 5 nitrogen and oxygen atoms in total. The third kappa shape index (κ3) is 5.29. The molecule has 0 aliphatic heterocycles. The number of benzene rings is 2. The number of nitrogens with zero attached hydrogens (tertiary/aromatic N) is 1. The molecule has 0 spiro atoms. The van der Waals surface area contributed by atoms with E-state index in [2.05, 4.69) is 26.2 Å². The fourth-order valence-electron chi connectivity index (χ4n) is 1.75. The van der Waals surface area contributed by atoms with Gasteiger partial charge in [0.15, 0.2) is 5.96 Å². The van der Waals surface area contributed by atoms with E-state index in [1.165, 1.54) is 0 Å². The van der Waals surface area contributed by atoms with Crippen molar-refractivity contribution >= 4 is 27.6 Å². The number of nitrogens with two attached hydrogens (primary N) is 1. The van der Waals surface area contributed by atoms with E-state index in [0.29, 0.717) is 19.1 Å². The van der Waals surface area contributed by atoms with E-state index < -0.39 is 0 Å². The lowest BCUT2D eigenvalue weighted by Gasteiger charge is -2.07. The minimum absolute atomic E-state index is 0.350. The normalized spacial score (nSPS) is 11.1. The minimum Gasteiger partial charge on any atom is -0.497 e. The molecule has 3 N–H and O–H groups in total. The summed E-state index contributed by atoms with van der Waals surface area (Å²) >= 11 is 3.40. The molecular weight excluding hydrogens is 346 g/mol. The molecule has 0 fully saturated rings. The maximum absolute atomic E-state index is 5.82. The van der Waals surface area contributed by atoms with Gasteiger partial charge in [-0.1, -0.05) is 22.0 Å². The van der Waals surface area contributed by atoms with Crippen molar-refractivity contribution in [2.75, 3.05) is 25.6 Å². The Morgan fingerprint density at radius 1 is 1.18 bits per heavy atom. The van der Waals surface area contributed by atoms with Crippen LogP contribution >= 0.6 is 15.9 Å². The molecule has 0 unspecified atom stereocenters. The second kappa shape index (κ2) is 8.29. The van der Waals surface area contributed by atoms with E-state index in [4.69, 9.17) is 15.2 Å². The molecule has 0 saturated heterocycles. The summed E-state index contributed by atoms with van der Waals surface area (Å²) in [5.41, 5.74) is 6.68. The Labute approximate surface area is 138 Å². The number of aliphatic imine (C=N–C) groups is 1. The van der Waals surface area contributed by atoms with Gasteiger partial charge in [-0.05, 0) is 42.5 Å². The molecule has 0 heterocycles. The highest BCUT2D eigenvalue weighted by Gasteiger charge is 1.97. The van der Waals surface area contributed by atoms with Crippen molar-refractivity contribution in [2.45, 2.75) is 0 Å². The van der Waals surface area contributed by atoms with Gasteiger partial charge in [0.25, 0.3) is 0 Å². The summed E-state index contributed by atoms with van der Waals surface area (Å²) in [7, 11) is 1.63. The standard InChI is InChI=1S/C16H18BrN3O2/c1-21-14-7-5-13(6-8-14)20-16(18)19-9-10-22-15-4-2-3-12(17)11-15/h2-8,11H,9-10H2,1H3,(H3,18,19,20). The molecule has 0 aliphatic rings. The molecule has 116 valence electrons. The highest BCUT2D eigenvalue weighted by Crippen LogP contribution is 2.17. The maximum Gasteiger partial charge on any atom is 0.193 e. The Hall–Kier alpha value is -2.21. The lowest BCUT2D eigenvalue weighted by molar-refractivity contribution is 0.328. The van der Waals surface area contributed by atoms with Crippen LogP contribution in [0.3, 0.4) is 0 Å². The van der Waals surface area contributed by atoms with Crippen molar-refractivity contribution in [1.82, 2.24) is 0 Å². The number of guanidine groups is 1. The van der Waals surface area contributed by atoms with Gasteiger partial charge in [0.05, 0.1) is 13.7 Å². The molecule has 22 heavy (non-hydrogen) atoms. The molecule has 6 heteroatoms. The first-order chi connectivity index (χ1) is 10.7. The molecule has 2 aromatic rings. The predicted octanol–water partition coefficient (Wildman–Crippen LogP) is 3.26. The van der Waals surface area contributed by atoms with Crippen LogP contribution in [-0.4, -0.2) is 26.2 Å². The Morgan fingerprint density at radius 2 is 1.95 bits per heavy atom. The fourth-order valence-corrected chi connectivity index (χ4v) is 2.13. The van der Waals surface area contributed by atoms with Crippen LogP contribution in [-0.2, 0) is 0 Å². The Bertz CT molecular complexity index is 630. The van der Waals surface area contributed by atoms with Gasteiger partial charge < -0.3 is 20.5 Å². The van der Waals surface area contributed by atoms with Gasteiger partial charge in [-0.3, -0.25) is 0 Å². The van der Waals surface area contributed by atoms with Crippen LogP contribution in [0.5, 0.6) is 11.5 Å². The molecule has 0 bridgehead atoms. The van der Waals surface area contributed by atoms with E-state index >= 15 is 0 Å². The average Bonchev–Trinajstić information content (AvgIpc) is 2.52. The molecule has 0 saturated carbocycles. The summed E-state index contributed by atoms with van der Waals surface area (Å²) in [5.74, 6) is 1.94. The monoisotopic (exact) mass is 363 g/mol. The fraction of sp³-hybridized carbons (Fsp3) is 0.188. The SMILES string of the molecule is COc1ccc(NC(N)=NCCOc2cccc(Br)c2)cc1.